The van der Waals surface area contributed by atoms with Crippen LogP contribution in [0.3, 0.4) is 0 Å². The predicted molar refractivity (Wildman–Crippen MR) is 92.8 cm³/mol. The van der Waals surface area contributed by atoms with E-state index in [-0.39, 0.29) is 0 Å². The van der Waals surface area contributed by atoms with E-state index < -0.39 is 0 Å². The van der Waals surface area contributed by atoms with Gasteiger partial charge in [-0.15, -0.1) is 11.8 Å². The number of hydrogen-bond acceptors (Lipinski definition) is 2. The highest BCUT2D eigenvalue weighted by atomic mass is 32.2. The van der Waals surface area contributed by atoms with Gasteiger partial charge in [-0.3, -0.25) is 0 Å². The number of thioether (sulfide) groups is 1. The van der Waals surface area contributed by atoms with Gasteiger partial charge in [0.1, 0.15) is 0 Å². The van der Waals surface area contributed by atoms with Gasteiger partial charge in [0.15, 0.2) is 0 Å². The minimum Gasteiger partial charge on any atom is -0.330 e. The lowest BCUT2D eigenvalue weighted by Gasteiger charge is -2.37. The van der Waals surface area contributed by atoms with Crippen molar-refractivity contribution in [3.63, 3.8) is 0 Å². The highest BCUT2D eigenvalue weighted by molar-refractivity contribution is 7.99. The summed E-state index contributed by atoms with van der Waals surface area (Å²) in [6, 6.07) is 9.03. The van der Waals surface area contributed by atoms with Crippen LogP contribution in [0.15, 0.2) is 29.2 Å². The second-order valence-electron chi connectivity index (χ2n) is 7.01. The van der Waals surface area contributed by atoms with Crippen LogP contribution in [0, 0.1) is 17.8 Å². The Balaban J connectivity index is 1.67. The molecule has 3 rings (SSSR count). The average Bonchev–Trinajstić information content (AvgIpc) is 2.91. The van der Waals surface area contributed by atoms with E-state index in [0.717, 1.165) is 30.2 Å². The number of benzene rings is 1. The Bertz CT molecular complexity index is 459. The van der Waals surface area contributed by atoms with Crippen molar-refractivity contribution in [1.82, 2.24) is 0 Å². The molecule has 1 fully saturated rings. The summed E-state index contributed by atoms with van der Waals surface area (Å²) in [5, 5.41) is 0. The van der Waals surface area contributed by atoms with Crippen LogP contribution in [0.5, 0.6) is 0 Å². The number of rotatable bonds is 5. The van der Waals surface area contributed by atoms with Crippen molar-refractivity contribution in [2.45, 2.75) is 56.3 Å². The maximum atomic E-state index is 6.08. The fraction of sp³-hybridized carbons (Fsp3) is 0.684. The van der Waals surface area contributed by atoms with Crippen molar-refractivity contribution < 1.29 is 0 Å². The van der Waals surface area contributed by atoms with E-state index in [9.17, 15) is 0 Å². The third-order valence-electron chi connectivity index (χ3n) is 5.63. The van der Waals surface area contributed by atoms with Crippen LogP contribution in [0.2, 0.25) is 0 Å². The molecular weight excluding hydrogens is 274 g/mol. The lowest BCUT2D eigenvalue weighted by Crippen LogP contribution is -2.31. The molecule has 4 atom stereocenters. The molecule has 2 aliphatic rings. The van der Waals surface area contributed by atoms with Crippen LogP contribution < -0.4 is 5.73 Å². The van der Waals surface area contributed by atoms with Crippen LogP contribution >= 0.6 is 11.8 Å². The van der Waals surface area contributed by atoms with E-state index in [1.807, 2.05) is 0 Å². The second kappa shape index (κ2) is 7.19. The number of fused-ring (bicyclic) bond motifs is 1. The monoisotopic (exact) mass is 303 g/mol. The molecule has 2 heteroatoms. The van der Waals surface area contributed by atoms with Gasteiger partial charge in [-0.2, -0.15) is 0 Å². The summed E-state index contributed by atoms with van der Waals surface area (Å²) in [5.41, 5.74) is 7.68. The molecule has 116 valence electrons. The Labute approximate surface area is 134 Å². The Morgan fingerprint density at radius 3 is 2.86 bits per heavy atom. The van der Waals surface area contributed by atoms with Gasteiger partial charge in [0.2, 0.25) is 0 Å². The second-order valence-corrected chi connectivity index (χ2v) is 8.07. The van der Waals surface area contributed by atoms with Crippen molar-refractivity contribution in [2.75, 3.05) is 12.3 Å². The molecule has 0 radical (unpaired) electrons. The normalized spacial score (nSPS) is 32.1. The average molecular weight is 304 g/mol. The SMILES string of the molecule is CCCC1CCC(CN)C(CC2CSc3ccccc32)C1. The van der Waals surface area contributed by atoms with Crippen LogP contribution in [-0.2, 0) is 0 Å². The van der Waals surface area contributed by atoms with Crippen molar-refractivity contribution in [2.24, 2.45) is 23.5 Å². The molecular formula is C19H29NS. The highest BCUT2D eigenvalue weighted by Gasteiger charge is 2.33. The van der Waals surface area contributed by atoms with E-state index in [1.165, 1.54) is 49.2 Å². The Morgan fingerprint density at radius 1 is 1.19 bits per heavy atom. The van der Waals surface area contributed by atoms with Gasteiger partial charge in [-0.05, 0) is 61.1 Å². The van der Waals surface area contributed by atoms with E-state index in [1.54, 1.807) is 5.56 Å². The molecule has 0 amide bonds. The quantitative estimate of drug-likeness (QED) is 0.823. The summed E-state index contributed by atoms with van der Waals surface area (Å²) in [6.45, 7) is 3.22. The summed E-state index contributed by atoms with van der Waals surface area (Å²) in [4.78, 5) is 1.52. The smallest absolute Gasteiger partial charge is 0.0107 e. The standard InChI is InChI=1S/C19H29NS/c1-2-5-14-8-9-15(12-20)16(10-14)11-17-13-21-19-7-4-3-6-18(17)19/h3-4,6-7,14-17H,2,5,8-13,20H2,1H3. The third kappa shape index (κ3) is 3.48. The zero-order chi connectivity index (χ0) is 14.7. The maximum absolute atomic E-state index is 6.08. The van der Waals surface area contributed by atoms with Crippen LogP contribution in [0.4, 0.5) is 0 Å². The first-order valence-corrected chi connectivity index (χ1v) is 9.72. The van der Waals surface area contributed by atoms with Crippen molar-refractivity contribution in [3.8, 4) is 0 Å². The first-order valence-electron chi connectivity index (χ1n) is 8.73. The molecule has 0 bridgehead atoms. The van der Waals surface area contributed by atoms with Gasteiger partial charge >= 0.3 is 0 Å². The molecule has 1 saturated carbocycles. The molecule has 1 nitrogen and oxygen atoms in total. The predicted octanol–water partition coefficient (Wildman–Crippen LogP) is 5.06. The van der Waals surface area contributed by atoms with Gasteiger partial charge < -0.3 is 5.73 Å². The van der Waals surface area contributed by atoms with E-state index in [4.69, 9.17) is 5.73 Å². The largest absolute Gasteiger partial charge is 0.330 e. The van der Waals surface area contributed by atoms with E-state index in [2.05, 4.69) is 43.0 Å². The molecule has 1 aromatic carbocycles. The Hall–Kier alpha value is -0.470. The minimum absolute atomic E-state index is 0.769. The first kappa shape index (κ1) is 15.4. The Morgan fingerprint density at radius 2 is 2.05 bits per heavy atom. The third-order valence-corrected chi connectivity index (χ3v) is 6.89. The van der Waals surface area contributed by atoms with Gasteiger partial charge in [0.25, 0.3) is 0 Å². The van der Waals surface area contributed by atoms with Gasteiger partial charge in [0, 0.05) is 10.6 Å². The fourth-order valence-corrected chi connectivity index (χ4v) is 5.76. The minimum atomic E-state index is 0.769. The molecule has 21 heavy (non-hydrogen) atoms. The molecule has 2 N–H and O–H groups in total. The summed E-state index contributed by atoms with van der Waals surface area (Å²) in [6.07, 6.45) is 8.34. The Kier molecular flexibility index (Phi) is 5.29. The molecule has 0 aromatic heterocycles. The van der Waals surface area contributed by atoms with Crippen molar-refractivity contribution in [1.29, 1.82) is 0 Å². The maximum Gasteiger partial charge on any atom is 0.0107 e. The number of hydrogen-bond donors (Lipinski definition) is 1. The molecule has 0 spiro atoms. The van der Waals surface area contributed by atoms with Gasteiger partial charge in [-0.25, -0.2) is 0 Å². The lowest BCUT2D eigenvalue weighted by molar-refractivity contribution is 0.162. The molecule has 1 aromatic rings. The molecule has 1 heterocycles. The van der Waals surface area contributed by atoms with Gasteiger partial charge in [-0.1, -0.05) is 44.4 Å². The highest BCUT2D eigenvalue weighted by Crippen LogP contribution is 2.46. The van der Waals surface area contributed by atoms with Crippen LogP contribution in [0.1, 0.15) is 56.9 Å². The summed E-state index contributed by atoms with van der Waals surface area (Å²) in [7, 11) is 0. The first-order chi connectivity index (χ1) is 10.3. The van der Waals surface area contributed by atoms with Crippen LogP contribution in [-0.4, -0.2) is 12.3 Å². The summed E-state index contributed by atoms with van der Waals surface area (Å²) < 4.78 is 0. The van der Waals surface area contributed by atoms with E-state index in [0.29, 0.717) is 0 Å². The van der Waals surface area contributed by atoms with Crippen molar-refractivity contribution in [3.05, 3.63) is 29.8 Å². The zero-order valence-corrected chi connectivity index (χ0v) is 14.1. The molecule has 1 aliphatic heterocycles. The summed E-state index contributed by atoms with van der Waals surface area (Å²) in [5.74, 6) is 4.65. The van der Waals surface area contributed by atoms with Crippen LogP contribution in [0.25, 0.3) is 0 Å². The lowest BCUT2D eigenvalue weighted by atomic mass is 9.69. The zero-order valence-electron chi connectivity index (χ0n) is 13.3. The van der Waals surface area contributed by atoms with Crippen molar-refractivity contribution >= 4 is 11.8 Å². The van der Waals surface area contributed by atoms with E-state index >= 15 is 0 Å². The van der Waals surface area contributed by atoms with Gasteiger partial charge in [0.05, 0.1) is 0 Å². The fourth-order valence-electron chi connectivity index (χ4n) is 4.48. The topological polar surface area (TPSA) is 26.0 Å². The number of nitrogens with two attached hydrogens (primary N) is 1. The molecule has 4 unspecified atom stereocenters. The molecule has 1 aliphatic carbocycles. The molecule has 0 saturated heterocycles. The summed E-state index contributed by atoms with van der Waals surface area (Å²) >= 11 is 2.05.